The first kappa shape index (κ1) is 12.8. The summed E-state index contributed by atoms with van der Waals surface area (Å²) >= 11 is 0. The maximum Gasteiger partial charge on any atom is 0.240 e. The van der Waals surface area contributed by atoms with Crippen LogP contribution < -0.4 is 10.6 Å². The molecule has 4 nitrogen and oxygen atoms in total. The molecule has 0 aromatic heterocycles. The van der Waals surface area contributed by atoms with Gasteiger partial charge in [-0.3, -0.25) is 4.79 Å². The summed E-state index contributed by atoms with van der Waals surface area (Å²) in [6.07, 6.45) is 3.39. The van der Waals surface area contributed by atoms with Gasteiger partial charge >= 0.3 is 0 Å². The minimum atomic E-state index is 0.00866. The van der Waals surface area contributed by atoms with Gasteiger partial charge in [-0.2, -0.15) is 0 Å². The van der Waals surface area contributed by atoms with E-state index in [4.69, 9.17) is 0 Å². The van der Waals surface area contributed by atoms with Crippen LogP contribution in [0.25, 0.3) is 0 Å². The highest BCUT2D eigenvalue weighted by atomic mass is 16.2. The molecule has 4 heteroatoms. The van der Waals surface area contributed by atoms with E-state index >= 15 is 0 Å². The third-order valence-electron chi connectivity index (χ3n) is 4.03. The molecule has 2 heterocycles. The number of carbonyl (C=O) groups excluding carboxylic acids is 1. The molecule has 0 aromatic carbocycles. The molecule has 1 amide bonds. The maximum atomic E-state index is 12.6. The standard InChI is InChI=1S/C13H25N3O/c1-13(2)5-3-7-15-11(13)12(17)16-9-4-6-14-8-10-16/h11,14-15H,3-10H2,1-2H3. The summed E-state index contributed by atoms with van der Waals surface area (Å²) in [6.45, 7) is 9.11. The zero-order valence-corrected chi connectivity index (χ0v) is 11.1. The van der Waals surface area contributed by atoms with Gasteiger partial charge in [0.15, 0.2) is 0 Å². The van der Waals surface area contributed by atoms with E-state index in [0.717, 1.165) is 45.6 Å². The molecule has 2 aliphatic rings. The third kappa shape index (κ3) is 2.99. The lowest BCUT2D eigenvalue weighted by atomic mass is 9.77. The van der Waals surface area contributed by atoms with Crippen molar-refractivity contribution in [3.8, 4) is 0 Å². The van der Waals surface area contributed by atoms with E-state index in [1.54, 1.807) is 0 Å². The van der Waals surface area contributed by atoms with E-state index in [1.807, 2.05) is 4.90 Å². The fourth-order valence-corrected chi connectivity index (χ4v) is 2.88. The molecule has 2 N–H and O–H groups in total. The van der Waals surface area contributed by atoms with E-state index in [9.17, 15) is 4.79 Å². The zero-order chi connectivity index (χ0) is 12.3. The average molecular weight is 239 g/mol. The van der Waals surface area contributed by atoms with Crippen LogP contribution in [0.4, 0.5) is 0 Å². The topological polar surface area (TPSA) is 44.4 Å². The summed E-state index contributed by atoms with van der Waals surface area (Å²) in [5.41, 5.74) is 0.0923. The molecule has 0 radical (unpaired) electrons. The molecule has 2 rings (SSSR count). The lowest BCUT2D eigenvalue weighted by Crippen LogP contribution is -2.57. The van der Waals surface area contributed by atoms with Crippen molar-refractivity contribution in [1.82, 2.24) is 15.5 Å². The highest BCUT2D eigenvalue weighted by Crippen LogP contribution is 2.31. The predicted octanol–water partition coefficient (Wildman–Crippen LogP) is 0.587. The van der Waals surface area contributed by atoms with Gasteiger partial charge in [0, 0.05) is 19.6 Å². The summed E-state index contributed by atoms with van der Waals surface area (Å²) in [5, 5.41) is 6.76. The lowest BCUT2D eigenvalue weighted by molar-refractivity contribution is -0.137. The molecule has 0 aliphatic carbocycles. The van der Waals surface area contributed by atoms with E-state index < -0.39 is 0 Å². The Morgan fingerprint density at radius 1 is 1.18 bits per heavy atom. The minimum Gasteiger partial charge on any atom is -0.340 e. The number of carbonyl (C=O) groups is 1. The first-order chi connectivity index (χ1) is 8.11. The van der Waals surface area contributed by atoms with Crippen LogP contribution in [0.2, 0.25) is 0 Å². The quantitative estimate of drug-likeness (QED) is 0.704. The average Bonchev–Trinajstić information content (AvgIpc) is 2.56. The van der Waals surface area contributed by atoms with Crippen LogP contribution in [0.1, 0.15) is 33.1 Å². The normalized spacial score (nSPS) is 29.8. The monoisotopic (exact) mass is 239 g/mol. The van der Waals surface area contributed by atoms with Gasteiger partial charge in [0.25, 0.3) is 0 Å². The molecule has 0 spiro atoms. The number of hydrogen-bond donors (Lipinski definition) is 2. The van der Waals surface area contributed by atoms with Crippen LogP contribution in [0, 0.1) is 5.41 Å². The fraction of sp³-hybridized carbons (Fsp3) is 0.923. The SMILES string of the molecule is CC1(C)CCCNC1C(=O)N1CCCNCC1. The van der Waals surface area contributed by atoms with Crippen LogP contribution in [0.3, 0.4) is 0 Å². The van der Waals surface area contributed by atoms with Crippen molar-refractivity contribution in [2.45, 2.75) is 39.2 Å². The van der Waals surface area contributed by atoms with Gasteiger partial charge in [-0.25, -0.2) is 0 Å². The van der Waals surface area contributed by atoms with Crippen molar-refractivity contribution in [1.29, 1.82) is 0 Å². The smallest absolute Gasteiger partial charge is 0.240 e. The highest BCUT2D eigenvalue weighted by molar-refractivity contribution is 5.83. The van der Waals surface area contributed by atoms with Crippen molar-refractivity contribution in [3.63, 3.8) is 0 Å². The Morgan fingerprint density at radius 3 is 2.76 bits per heavy atom. The minimum absolute atomic E-state index is 0.00866. The largest absolute Gasteiger partial charge is 0.340 e. The van der Waals surface area contributed by atoms with Crippen LogP contribution >= 0.6 is 0 Å². The summed E-state index contributed by atoms with van der Waals surface area (Å²) in [6, 6.07) is 0.00866. The van der Waals surface area contributed by atoms with Crippen molar-refractivity contribution < 1.29 is 4.79 Å². The molecule has 1 unspecified atom stereocenters. The summed E-state index contributed by atoms with van der Waals surface area (Å²) in [4.78, 5) is 14.6. The Hall–Kier alpha value is -0.610. The molecule has 98 valence electrons. The molecule has 0 saturated carbocycles. The summed E-state index contributed by atoms with van der Waals surface area (Å²) < 4.78 is 0. The molecule has 2 fully saturated rings. The van der Waals surface area contributed by atoms with Gasteiger partial charge in [0.1, 0.15) is 0 Å². The second kappa shape index (κ2) is 5.36. The first-order valence-corrected chi connectivity index (χ1v) is 6.84. The van der Waals surface area contributed by atoms with Gasteiger partial charge in [-0.1, -0.05) is 13.8 Å². The third-order valence-corrected chi connectivity index (χ3v) is 4.03. The molecular formula is C13H25N3O. The van der Waals surface area contributed by atoms with Gasteiger partial charge < -0.3 is 15.5 Å². The van der Waals surface area contributed by atoms with E-state index in [-0.39, 0.29) is 11.5 Å². The van der Waals surface area contributed by atoms with Crippen molar-refractivity contribution in [3.05, 3.63) is 0 Å². The van der Waals surface area contributed by atoms with Gasteiger partial charge in [0.2, 0.25) is 5.91 Å². The van der Waals surface area contributed by atoms with Crippen LogP contribution in [0.5, 0.6) is 0 Å². The number of amides is 1. The Labute approximate surface area is 104 Å². The van der Waals surface area contributed by atoms with Crippen LogP contribution in [-0.2, 0) is 4.79 Å². The Bertz CT molecular complexity index is 270. The summed E-state index contributed by atoms with van der Waals surface area (Å²) in [7, 11) is 0. The molecular weight excluding hydrogens is 214 g/mol. The molecule has 2 aliphatic heterocycles. The van der Waals surface area contributed by atoms with Gasteiger partial charge in [-0.05, 0) is 37.8 Å². The van der Waals surface area contributed by atoms with Crippen molar-refractivity contribution in [2.24, 2.45) is 5.41 Å². The number of rotatable bonds is 1. The van der Waals surface area contributed by atoms with E-state index in [1.165, 1.54) is 6.42 Å². The predicted molar refractivity (Wildman–Crippen MR) is 68.9 cm³/mol. The molecule has 1 atom stereocenters. The molecule has 17 heavy (non-hydrogen) atoms. The second-order valence-electron chi connectivity index (χ2n) is 5.91. The maximum absolute atomic E-state index is 12.6. The number of nitrogens with zero attached hydrogens (tertiary/aromatic N) is 1. The fourth-order valence-electron chi connectivity index (χ4n) is 2.88. The van der Waals surface area contributed by atoms with Gasteiger partial charge in [-0.15, -0.1) is 0 Å². The van der Waals surface area contributed by atoms with Crippen LogP contribution in [0.15, 0.2) is 0 Å². The first-order valence-electron chi connectivity index (χ1n) is 6.84. The van der Waals surface area contributed by atoms with Crippen LogP contribution in [-0.4, -0.2) is 49.6 Å². The molecule has 2 saturated heterocycles. The number of nitrogens with one attached hydrogen (secondary N) is 2. The van der Waals surface area contributed by atoms with Crippen molar-refractivity contribution in [2.75, 3.05) is 32.7 Å². The second-order valence-corrected chi connectivity index (χ2v) is 5.91. The molecule has 0 aromatic rings. The Balaban J connectivity index is 2.01. The Morgan fingerprint density at radius 2 is 2.00 bits per heavy atom. The highest BCUT2D eigenvalue weighted by Gasteiger charge is 2.39. The van der Waals surface area contributed by atoms with Crippen molar-refractivity contribution >= 4 is 5.91 Å². The van der Waals surface area contributed by atoms with E-state index in [2.05, 4.69) is 24.5 Å². The Kier molecular flexibility index (Phi) is 4.05. The summed E-state index contributed by atoms with van der Waals surface area (Å²) in [5.74, 6) is 0.304. The van der Waals surface area contributed by atoms with E-state index in [0.29, 0.717) is 5.91 Å². The number of hydrogen-bond acceptors (Lipinski definition) is 3. The lowest BCUT2D eigenvalue weighted by Gasteiger charge is -2.40. The van der Waals surface area contributed by atoms with Gasteiger partial charge in [0.05, 0.1) is 6.04 Å². The molecule has 0 bridgehead atoms. The number of piperidine rings is 1. The zero-order valence-electron chi connectivity index (χ0n) is 11.1.